The highest BCUT2D eigenvalue weighted by Gasteiger charge is 2.21. The lowest BCUT2D eigenvalue weighted by atomic mass is 10.2. The zero-order valence-corrected chi connectivity index (χ0v) is 18.9. The summed E-state index contributed by atoms with van der Waals surface area (Å²) < 4.78 is 15.2. The number of aryl methyl sites for hydroxylation is 1. The fourth-order valence-corrected chi connectivity index (χ4v) is 3.68. The van der Waals surface area contributed by atoms with Crippen molar-refractivity contribution in [2.45, 2.75) is 33.4 Å². The van der Waals surface area contributed by atoms with E-state index in [0.29, 0.717) is 23.1 Å². The summed E-state index contributed by atoms with van der Waals surface area (Å²) in [6, 6.07) is 5.64. The van der Waals surface area contributed by atoms with Crippen LogP contribution in [0.2, 0.25) is 0 Å². The number of hydrogen-bond donors (Lipinski definition) is 2. The van der Waals surface area contributed by atoms with Gasteiger partial charge in [-0.2, -0.15) is 0 Å². The molecule has 2 N–H and O–H groups in total. The lowest BCUT2D eigenvalue weighted by Crippen LogP contribution is -2.41. The molecule has 3 aromatic rings. The van der Waals surface area contributed by atoms with E-state index in [1.807, 2.05) is 24.6 Å². The lowest BCUT2D eigenvalue weighted by molar-refractivity contribution is 0.0956. The Bertz CT molecular complexity index is 1000. The molecule has 1 aromatic carbocycles. The normalized spacial score (nSPS) is 10.9. The van der Waals surface area contributed by atoms with Gasteiger partial charge in [-0.1, -0.05) is 37.3 Å². The van der Waals surface area contributed by atoms with E-state index in [0.717, 1.165) is 29.9 Å². The van der Waals surface area contributed by atoms with Crippen molar-refractivity contribution >= 4 is 28.4 Å². The van der Waals surface area contributed by atoms with Crippen LogP contribution in [0.4, 0.5) is 14.3 Å². The SMILES string of the molecule is CC(C)CNC(=O)N(Cc1ccc(F)cc1)c1ncc(C(=O)NCCCn2ccnc2)s1. The second-order valence-corrected chi connectivity index (χ2v) is 8.72. The number of thiazole rings is 1. The largest absolute Gasteiger partial charge is 0.351 e. The van der Waals surface area contributed by atoms with Gasteiger partial charge in [-0.05, 0) is 30.0 Å². The predicted molar refractivity (Wildman–Crippen MR) is 122 cm³/mol. The average Bonchev–Trinajstić information content (AvgIpc) is 3.47. The van der Waals surface area contributed by atoms with Gasteiger partial charge < -0.3 is 15.2 Å². The van der Waals surface area contributed by atoms with Crippen LogP contribution in [-0.4, -0.2) is 39.6 Å². The minimum absolute atomic E-state index is 0.212. The Morgan fingerprint density at radius 1 is 1.22 bits per heavy atom. The maximum Gasteiger partial charge on any atom is 0.324 e. The molecular weight excluding hydrogens is 431 g/mol. The van der Waals surface area contributed by atoms with Gasteiger partial charge >= 0.3 is 6.03 Å². The molecule has 3 rings (SSSR count). The van der Waals surface area contributed by atoms with Gasteiger partial charge in [0.25, 0.3) is 5.91 Å². The Morgan fingerprint density at radius 3 is 2.69 bits per heavy atom. The van der Waals surface area contributed by atoms with E-state index in [1.54, 1.807) is 24.7 Å². The fourth-order valence-electron chi connectivity index (χ4n) is 2.85. The molecule has 2 heterocycles. The topological polar surface area (TPSA) is 92.1 Å². The molecule has 0 aliphatic heterocycles. The van der Waals surface area contributed by atoms with E-state index in [-0.39, 0.29) is 30.2 Å². The second-order valence-electron chi connectivity index (χ2n) is 7.71. The first-order valence-electron chi connectivity index (χ1n) is 10.4. The van der Waals surface area contributed by atoms with Crippen molar-refractivity contribution in [1.29, 1.82) is 0 Å². The first-order chi connectivity index (χ1) is 15.4. The lowest BCUT2D eigenvalue weighted by Gasteiger charge is -2.21. The minimum Gasteiger partial charge on any atom is -0.351 e. The highest BCUT2D eigenvalue weighted by molar-refractivity contribution is 7.17. The molecule has 0 aliphatic rings. The Labute approximate surface area is 190 Å². The number of anilines is 1. The van der Waals surface area contributed by atoms with Gasteiger partial charge in [0, 0.05) is 32.0 Å². The van der Waals surface area contributed by atoms with Crippen molar-refractivity contribution in [3.63, 3.8) is 0 Å². The van der Waals surface area contributed by atoms with Crippen LogP contribution in [0.1, 0.15) is 35.5 Å². The number of benzene rings is 1. The van der Waals surface area contributed by atoms with E-state index < -0.39 is 0 Å². The van der Waals surface area contributed by atoms with Crippen LogP contribution >= 0.6 is 11.3 Å². The van der Waals surface area contributed by atoms with Crippen LogP contribution in [0, 0.1) is 11.7 Å². The quantitative estimate of drug-likeness (QED) is 0.454. The first kappa shape index (κ1) is 23.4. The molecular formula is C22H27FN6O2S. The summed E-state index contributed by atoms with van der Waals surface area (Å²) in [4.78, 5) is 35.5. The number of nitrogens with zero attached hydrogens (tertiary/aromatic N) is 4. The first-order valence-corrected chi connectivity index (χ1v) is 11.2. The summed E-state index contributed by atoms with van der Waals surface area (Å²) in [5, 5.41) is 6.16. The highest BCUT2D eigenvalue weighted by atomic mass is 32.1. The third kappa shape index (κ3) is 6.88. The molecule has 2 aromatic heterocycles. The summed E-state index contributed by atoms with van der Waals surface area (Å²) in [7, 11) is 0. The zero-order chi connectivity index (χ0) is 22.9. The number of imidazole rings is 1. The van der Waals surface area contributed by atoms with Gasteiger partial charge in [0.15, 0.2) is 5.13 Å². The summed E-state index contributed by atoms with van der Waals surface area (Å²) in [6.07, 6.45) is 7.56. The Hall–Kier alpha value is -3.27. The number of carbonyl (C=O) groups is 2. The van der Waals surface area contributed by atoms with Crippen LogP contribution in [0.15, 0.2) is 49.2 Å². The molecule has 3 amide bonds. The van der Waals surface area contributed by atoms with E-state index in [9.17, 15) is 14.0 Å². The van der Waals surface area contributed by atoms with E-state index in [2.05, 4.69) is 20.6 Å². The summed E-state index contributed by atoms with van der Waals surface area (Å²) in [6.45, 7) is 6.00. The van der Waals surface area contributed by atoms with Crippen molar-refractivity contribution in [3.05, 3.63) is 65.4 Å². The molecule has 0 radical (unpaired) electrons. The molecule has 10 heteroatoms. The molecule has 32 heavy (non-hydrogen) atoms. The molecule has 0 spiro atoms. The molecule has 0 bridgehead atoms. The maximum atomic E-state index is 13.3. The van der Waals surface area contributed by atoms with Crippen LogP contribution in [0.3, 0.4) is 0 Å². The number of urea groups is 1. The average molecular weight is 459 g/mol. The van der Waals surface area contributed by atoms with Gasteiger partial charge in [0.2, 0.25) is 0 Å². The Kier molecular flexibility index (Phi) is 8.32. The Balaban J connectivity index is 1.64. The number of nitrogens with one attached hydrogen (secondary N) is 2. The summed E-state index contributed by atoms with van der Waals surface area (Å²) >= 11 is 1.14. The zero-order valence-electron chi connectivity index (χ0n) is 18.1. The predicted octanol–water partition coefficient (Wildman–Crippen LogP) is 3.67. The molecule has 0 atom stereocenters. The molecule has 0 fully saturated rings. The number of amides is 3. The monoisotopic (exact) mass is 458 g/mol. The second kappa shape index (κ2) is 11.4. The fraction of sp³-hybridized carbons (Fsp3) is 0.364. The van der Waals surface area contributed by atoms with E-state index in [4.69, 9.17) is 0 Å². The van der Waals surface area contributed by atoms with E-state index >= 15 is 0 Å². The van der Waals surface area contributed by atoms with Gasteiger partial charge in [-0.15, -0.1) is 0 Å². The van der Waals surface area contributed by atoms with Crippen LogP contribution in [-0.2, 0) is 13.1 Å². The Morgan fingerprint density at radius 2 is 2.00 bits per heavy atom. The number of carbonyl (C=O) groups excluding carboxylic acids is 2. The van der Waals surface area contributed by atoms with Crippen molar-refractivity contribution in [3.8, 4) is 0 Å². The molecule has 8 nitrogen and oxygen atoms in total. The van der Waals surface area contributed by atoms with Gasteiger partial charge in [0.1, 0.15) is 10.7 Å². The molecule has 0 aliphatic carbocycles. The van der Waals surface area contributed by atoms with Crippen molar-refractivity contribution in [2.24, 2.45) is 5.92 Å². The third-order valence-electron chi connectivity index (χ3n) is 4.55. The van der Waals surface area contributed by atoms with Crippen molar-refractivity contribution in [2.75, 3.05) is 18.0 Å². The smallest absolute Gasteiger partial charge is 0.324 e. The van der Waals surface area contributed by atoms with Crippen LogP contribution in [0.5, 0.6) is 0 Å². The summed E-state index contributed by atoms with van der Waals surface area (Å²) in [5.74, 6) is -0.291. The molecule has 0 unspecified atom stereocenters. The van der Waals surface area contributed by atoms with Crippen molar-refractivity contribution < 1.29 is 14.0 Å². The molecule has 170 valence electrons. The molecule has 0 saturated heterocycles. The number of hydrogen-bond acceptors (Lipinski definition) is 5. The summed E-state index contributed by atoms with van der Waals surface area (Å²) in [5.41, 5.74) is 0.756. The minimum atomic E-state index is -0.342. The maximum absolute atomic E-state index is 13.3. The van der Waals surface area contributed by atoms with Crippen LogP contribution < -0.4 is 15.5 Å². The standard InChI is InChI=1S/C22H27FN6O2S/c1-16(2)12-26-21(31)29(14-17-4-6-18(23)7-5-17)22-27-13-19(32-22)20(30)25-8-3-10-28-11-9-24-15-28/h4-7,9,11,13,15-16H,3,8,10,12,14H2,1-2H3,(H,25,30)(H,26,31). The van der Waals surface area contributed by atoms with Gasteiger partial charge in [-0.25, -0.2) is 19.2 Å². The highest BCUT2D eigenvalue weighted by Crippen LogP contribution is 2.24. The van der Waals surface area contributed by atoms with Gasteiger partial charge in [0.05, 0.1) is 19.1 Å². The molecule has 0 saturated carbocycles. The van der Waals surface area contributed by atoms with Crippen molar-refractivity contribution in [1.82, 2.24) is 25.2 Å². The van der Waals surface area contributed by atoms with E-state index in [1.165, 1.54) is 23.2 Å². The number of aromatic nitrogens is 3. The van der Waals surface area contributed by atoms with Gasteiger partial charge in [-0.3, -0.25) is 9.69 Å². The van der Waals surface area contributed by atoms with Crippen LogP contribution in [0.25, 0.3) is 0 Å². The number of rotatable bonds is 10. The third-order valence-corrected chi connectivity index (χ3v) is 5.57. The number of halogens is 1.